The normalized spacial score (nSPS) is 15.4. The molecule has 92 valence electrons. The first-order chi connectivity index (χ1) is 8.24. The molecule has 3 heteroatoms. The van der Waals surface area contributed by atoms with Crippen molar-refractivity contribution in [3.8, 4) is 0 Å². The van der Waals surface area contributed by atoms with Gasteiger partial charge < -0.3 is 10.6 Å². The Kier molecular flexibility index (Phi) is 4.15. The van der Waals surface area contributed by atoms with Crippen LogP contribution in [0, 0.1) is 0 Å². The van der Waals surface area contributed by atoms with E-state index in [1.807, 2.05) is 12.1 Å². The lowest BCUT2D eigenvalue weighted by Crippen LogP contribution is -2.36. The van der Waals surface area contributed by atoms with Gasteiger partial charge in [-0.3, -0.25) is 4.79 Å². The highest BCUT2D eigenvalue weighted by Crippen LogP contribution is 2.18. The van der Waals surface area contributed by atoms with E-state index in [-0.39, 0.29) is 5.91 Å². The van der Waals surface area contributed by atoms with Crippen molar-refractivity contribution in [1.29, 1.82) is 0 Å². The maximum absolute atomic E-state index is 10.9. The Morgan fingerprint density at radius 3 is 2.53 bits per heavy atom. The molecule has 1 amide bonds. The lowest BCUT2D eigenvalue weighted by atomic mass is 9.93. The van der Waals surface area contributed by atoms with Crippen LogP contribution in [0.25, 0.3) is 0 Å². The van der Waals surface area contributed by atoms with E-state index in [1.165, 1.54) is 31.7 Å². The zero-order chi connectivity index (χ0) is 12.1. The molecule has 1 aliphatic rings. The number of benzene rings is 1. The molecule has 0 atom stereocenters. The predicted octanol–water partition coefficient (Wildman–Crippen LogP) is 2.33. The first-order valence-electron chi connectivity index (χ1n) is 6.34. The Balaban J connectivity index is 1.74. The summed E-state index contributed by atoms with van der Waals surface area (Å²) in [5.41, 5.74) is 2.18. The van der Waals surface area contributed by atoms with E-state index in [0.29, 0.717) is 0 Å². The fraction of sp³-hybridized carbons (Fsp3) is 0.500. The predicted molar refractivity (Wildman–Crippen MR) is 70.1 cm³/mol. The molecule has 2 rings (SSSR count). The zero-order valence-electron chi connectivity index (χ0n) is 10.3. The summed E-state index contributed by atoms with van der Waals surface area (Å²) in [5, 5.41) is 6.31. The van der Waals surface area contributed by atoms with E-state index < -0.39 is 0 Å². The van der Waals surface area contributed by atoms with E-state index in [2.05, 4.69) is 22.8 Å². The molecule has 0 aliphatic heterocycles. The average molecular weight is 232 g/mol. The van der Waals surface area contributed by atoms with Crippen molar-refractivity contribution >= 4 is 11.6 Å². The van der Waals surface area contributed by atoms with Crippen molar-refractivity contribution in [2.45, 2.75) is 38.6 Å². The smallest absolute Gasteiger partial charge is 0.221 e. The van der Waals surface area contributed by atoms with Gasteiger partial charge in [-0.15, -0.1) is 0 Å². The van der Waals surface area contributed by atoms with Gasteiger partial charge in [0.2, 0.25) is 5.91 Å². The van der Waals surface area contributed by atoms with E-state index in [0.717, 1.165) is 24.7 Å². The van der Waals surface area contributed by atoms with Crippen molar-refractivity contribution in [3.63, 3.8) is 0 Å². The van der Waals surface area contributed by atoms with Crippen LogP contribution >= 0.6 is 0 Å². The van der Waals surface area contributed by atoms with Gasteiger partial charge in [0.25, 0.3) is 0 Å². The van der Waals surface area contributed by atoms with Gasteiger partial charge in [0.1, 0.15) is 0 Å². The molecule has 1 aromatic carbocycles. The van der Waals surface area contributed by atoms with Gasteiger partial charge in [-0.2, -0.15) is 0 Å². The van der Waals surface area contributed by atoms with Crippen molar-refractivity contribution < 1.29 is 4.79 Å². The molecular weight excluding hydrogens is 212 g/mol. The summed E-state index contributed by atoms with van der Waals surface area (Å²) in [6.07, 6.45) is 5.10. The number of hydrogen-bond acceptors (Lipinski definition) is 2. The van der Waals surface area contributed by atoms with Crippen LogP contribution in [0.1, 0.15) is 31.7 Å². The number of amides is 1. The Hall–Kier alpha value is -1.35. The minimum atomic E-state index is -0.0237. The minimum Gasteiger partial charge on any atom is -0.326 e. The summed E-state index contributed by atoms with van der Waals surface area (Å²) in [7, 11) is 0. The third kappa shape index (κ3) is 3.86. The highest BCUT2D eigenvalue weighted by molar-refractivity contribution is 5.88. The summed E-state index contributed by atoms with van der Waals surface area (Å²) in [6, 6.07) is 8.83. The molecule has 0 spiro atoms. The van der Waals surface area contributed by atoms with Crippen LogP contribution in [0.5, 0.6) is 0 Å². The Morgan fingerprint density at radius 1 is 1.29 bits per heavy atom. The Labute approximate surface area is 103 Å². The summed E-state index contributed by atoms with van der Waals surface area (Å²) >= 11 is 0. The fourth-order valence-electron chi connectivity index (χ4n) is 1.99. The van der Waals surface area contributed by atoms with Crippen LogP contribution in [0.15, 0.2) is 24.3 Å². The van der Waals surface area contributed by atoms with Gasteiger partial charge in [-0.05, 0) is 43.5 Å². The molecule has 0 bridgehead atoms. The summed E-state index contributed by atoms with van der Waals surface area (Å²) in [4.78, 5) is 10.9. The number of carbonyl (C=O) groups is 1. The van der Waals surface area contributed by atoms with Gasteiger partial charge in [0, 0.05) is 18.7 Å². The van der Waals surface area contributed by atoms with Crippen LogP contribution in [0.4, 0.5) is 5.69 Å². The largest absolute Gasteiger partial charge is 0.326 e. The molecule has 1 fully saturated rings. The van der Waals surface area contributed by atoms with E-state index >= 15 is 0 Å². The highest BCUT2D eigenvalue weighted by atomic mass is 16.1. The van der Waals surface area contributed by atoms with Gasteiger partial charge in [-0.1, -0.05) is 18.6 Å². The quantitative estimate of drug-likeness (QED) is 0.818. The van der Waals surface area contributed by atoms with Crippen LogP contribution in [0.3, 0.4) is 0 Å². The van der Waals surface area contributed by atoms with Gasteiger partial charge in [0.05, 0.1) is 0 Å². The molecule has 1 saturated carbocycles. The molecule has 0 unspecified atom stereocenters. The second kappa shape index (κ2) is 5.82. The molecule has 0 aromatic heterocycles. The van der Waals surface area contributed by atoms with E-state index in [9.17, 15) is 4.79 Å². The number of rotatable bonds is 5. The first-order valence-corrected chi connectivity index (χ1v) is 6.34. The van der Waals surface area contributed by atoms with Gasteiger partial charge in [0.15, 0.2) is 0 Å². The van der Waals surface area contributed by atoms with Crippen LogP contribution in [-0.4, -0.2) is 18.5 Å². The van der Waals surface area contributed by atoms with Gasteiger partial charge in [-0.25, -0.2) is 0 Å². The van der Waals surface area contributed by atoms with Gasteiger partial charge >= 0.3 is 0 Å². The van der Waals surface area contributed by atoms with Crippen LogP contribution < -0.4 is 10.6 Å². The zero-order valence-corrected chi connectivity index (χ0v) is 10.3. The van der Waals surface area contributed by atoms with Crippen LogP contribution in [-0.2, 0) is 11.2 Å². The summed E-state index contributed by atoms with van der Waals surface area (Å²) in [6.45, 7) is 2.57. The first kappa shape index (κ1) is 12.1. The lowest BCUT2D eigenvalue weighted by Gasteiger charge is -2.26. The van der Waals surface area contributed by atoms with Crippen molar-refractivity contribution in [1.82, 2.24) is 5.32 Å². The molecule has 17 heavy (non-hydrogen) atoms. The maximum Gasteiger partial charge on any atom is 0.221 e. The number of anilines is 1. The van der Waals surface area contributed by atoms with Crippen molar-refractivity contribution in [3.05, 3.63) is 29.8 Å². The summed E-state index contributed by atoms with van der Waals surface area (Å²) in [5.74, 6) is -0.0237. The molecular formula is C14H20N2O. The Morgan fingerprint density at radius 2 is 2.00 bits per heavy atom. The second-order valence-electron chi connectivity index (χ2n) is 4.71. The highest BCUT2D eigenvalue weighted by Gasteiger charge is 2.15. The molecule has 2 N–H and O–H groups in total. The average Bonchev–Trinajstić information content (AvgIpc) is 2.23. The number of hydrogen-bond donors (Lipinski definition) is 2. The third-order valence-corrected chi connectivity index (χ3v) is 3.23. The number of nitrogens with one attached hydrogen (secondary N) is 2. The topological polar surface area (TPSA) is 41.1 Å². The maximum atomic E-state index is 10.9. The fourth-order valence-corrected chi connectivity index (χ4v) is 1.99. The van der Waals surface area contributed by atoms with E-state index in [4.69, 9.17) is 0 Å². The lowest BCUT2D eigenvalue weighted by molar-refractivity contribution is -0.114. The van der Waals surface area contributed by atoms with E-state index in [1.54, 1.807) is 0 Å². The SMILES string of the molecule is CC(=O)Nc1ccc(CCNC2CCC2)cc1. The van der Waals surface area contributed by atoms with Crippen molar-refractivity contribution in [2.75, 3.05) is 11.9 Å². The number of carbonyl (C=O) groups excluding carboxylic acids is 1. The monoisotopic (exact) mass is 232 g/mol. The molecule has 0 saturated heterocycles. The molecule has 1 aromatic rings. The molecule has 3 nitrogen and oxygen atoms in total. The summed E-state index contributed by atoms with van der Waals surface area (Å²) < 4.78 is 0. The molecule has 1 aliphatic carbocycles. The Bertz CT molecular complexity index is 368. The standard InChI is InChI=1S/C14H20N2O/c1-11(17)16-14-7-5-12(6-8-14)9-10-15-13-3-2-4-13/h5-8,13,15H,2-4,9-10H2,1H3,(H,16,17). The molecule has 0 radical (unpaired) electrons. The van der Waals surface area contributed by atoms with Crippen molar-refractivity contribution in [2.24, 2.45) is 0 Å². The minimum absolute atomic E-state index is 0.0237. The van der Waals surface area contributed by atoms with Crippen LogP contribution in [0.2, 0.25) is 0 Å². The molecule has 0 heterocycles. The third-order valence-electron chi connectivity index (χ3n) is 3.23. The second-order valence-corrected chi connectivity index (χ2v) is 4.71.